The number of hydrogen-bond acceptors (Lipinski definition) is 2. The van der Waals surface area contributed by atoms with E-state index in [9.17, 15) is 18.0 Å². The van der Waals surface area contributed by atoms with E-state index in [1.807, 2.05) is 0 Å². The van der Waals surface area contributed by atoms with Crippen molar-refractivity contribution in [3.05, 3.63) is 36.9 Å². The molecule has 0 unspecified atom stereocenters. The number of urea groups is 1. The molecule has 0 heterocycles. The molecule has 0 spiro atoms. The lowest BCUT2D eigenvalue weighted by Crippen LogP contribution is -2.29. The number of amides is 2. The Bertz CT molecular complexity index is 430. The minimum atomic E-state index is -4.73. The predicted molar refractivity (Wildman–Crippen MR) is 65.0 cm³/mol. The van der Waals surface area contributed by atoms with E-state index >= 15 is 0 Å². The summed E-state index contributed by atoms with van der Waals surface area (Å²) in [5.74, 6) is -0.342. The van der Waals surface area contributed by atoms with Crippen LogP contribution in [-0.2, 0) is 0 Å². The average Bonchev–Trinajstić information content (AvgIpc) is 2.30. The van der Waals surface area contributed by atoms with Crippen molar-refractivity contribution in [2.75, 3.05) is 11.9 Å². The van der Waals surface area contributed by atoms with Crippen molar-refractivity contribution in [2.45, 2.75) is 12.8 Å². The largest absolute Gasteiger partial charge is 0.573 e. The molecule has 0 bridgehead atoms. The fraction of sp³-hybridized carbons (Fsp3) is 0.250. The summed E-state index contributed by atoms with van der Waals surface area (Å²) >= 11 is 0. The van der Waals surface area contributed by atoms with E-state index in [1.54, 1.807) is 6.08 Å². The zero-order chi connectivity index (χ0) is 14.3. The van der Waals surface area contributed by atoms with Crippen molar-refractivity contribution >= 4 is 11.7 Å². The van der Waals surface area contributed by atoms with Crippen molar-refractivity contribution < 1.29 is 22.7 Å². The van der Waals surface area contributed by atoms with Gasteiger partial charge in [0.1, 0.15) is 5.75 Å². The van der Waals surface area contributed by atoms with Gasteiger partial charge in [-0.25, -0.2) is 4.79 Å². The van der Waals surface area contributed by atoms with Crippen LogP contribution in [-0.4, -0.2) is 18.9 Å². The fourth-order valence-electron chi connectivity index (χ4n) is 1.20. The third-order valence-electron chi connectivity index (χ3n) is 1.98. The van der Waals surface area contributed by atoms with Crippen molar-refractivity contribution in [1.29, 1.82) is 0 Å². The Balaban J connectivity index is 2.48. The number of benzene rings is 1. The van der Waals surface area contributed by atoms with Crippen LogP contribution >= 0.6 is 0 Å². The quantitative estimate of drug-likeness (QED) is 0.639. The van der Waals surface area contributed by atoms with Crippen LogP contribution in [0.5, 0.6) is 5.75 Å². The molecule has 0 atom stereocenters. The SMILES string of the molecule is C=CCCNC(=O)Nc1ccc(OC(F)(F)F)cc1. The molecule has 1 aromatic rings. The van der Waals surface area contributed by atoms with Gasteiger partial charge in [0, 0.05) is 12.2 Å². The first-order chi connectivity index (χ1) is 8.90. The van der Waals surface area contributed by atoms with Crippen molar-refractivity contribution in [3.63, 3.8) is 0 Å². The second-order valence-electron chi connectivity index (χ2n) is 3.53. The molecule has 0 fully saturated rings. The molecule has 1 aromatic carbocycles. The number of alkyl halides is 3. The van der Waals surface area contributed by atoms with Gasteiger partial charge < -0.3 is 15.4 Å². The summed E-state index contributed by atoms with van der Waals surface area (Å²) in [5, 5.41) is 5.02. The van der Waals surface area contributed by atoms with Gasteiger partial charge in [-0.1, -0.05) is 6.08 Å². The second-order valence-corrected chi connectivity index (χ2v) is 3.53. The molecule has 2 N–H and O–H groups in total. The molecule has 0 saturated carbocycles. The summed E-state index contributed by atoms with van der Waals surface area (Å²) in [6.45, 7) is 3.94. The monoisotopic (exact) mass is 274 g/mol. The Labute approximate surface area is 108 Å². The van der Waals surface area contributed by atoms with E-state index in [0.29, 0.717) is 18.7 Å². The van der Waals surface area contributed by atoms with Crippen LogP contribution in [0.4, 0.5) is 23.7 Å². The maximum absolute atomic E-state index is 11.9. The minimum Gasteiger partial charge on any atom is -0.406 e. The van der Waals surface area contributed by atoms with Crippen molar-refractivity contribution in [3.8, 4) is 5.75 Å². The number of carbonyl (C=O) groups is 1. The molecule has 0 aliphatic carbocycles. The van der Waals surface area contributed by atoms with E-state index < -0.39 is 12.4 Å². The minimum absolute atomic E-state index is 0.342. The first-order valence-corrected chi connectivity index (χ1v) is 5.42. The molecule has 0 saturated heterocycles. The van der Waals surface area contributed by atoms with Gasteiger partial charge in [0.2, 0.25) is 0 Å². The van der Waals surface area contributed by atoms with Crippen LogP contribution < -0.4 is 15.4 Å². The Morgan fingerprint density at radius 2 is 1.95 bits per heavy atom. The van der Waals surface area contributed by atoms with E-state index in [0.717, 1.165) is 12.1 Å². The van der Waals surface area contributed by atoms with Gasteiger partial charge in [-0.05, 0) is 30.7 Å². The number of carbonyl (C=O) groups excluding carboxylic acids is 1. The maximum Gasteiger partial charge on any atom is 0.573 e. The molecular formula is C12H13F3N2O2. The third kappa shape index (κ3) is 6.35. The van der Waals surface area contributed by atoms with Gasteiger partial charge in [0.25, 0.3) is 0 Å². The Morgan fingerprint density at radius 1 is 1.32 bits per heavy atom. The molecule has 4 nitrogen and oxygen atoms in total. The first kappa shape index (κ1) is 14.9. The Kier molecular flexibility index (Phi) is 5.23. The summed E-state index contributed by atoms with van der Waals surface area (Å²) in [4.78, 5) is 11.3. The molecule has 0 aromatic heterocycles. The van der Waals surface area contributed by atoms with Crippen LogP contribution in [0.15, 0.2) is 36.9 Å². The van der Waals surface area contributed by atoms with E-state index in [-0.39, 0.29) is 5.75 Å². The average molecular weight is 274 g/mol. The van der Waals surface area contributed by atoms with Gasteiger partial charge in [0.05, 0.1) is 0 Å². The van der Waals surface area contributed by atoms with E-state index in [4.69, 9.17) is 0 Å². The van der Waals surface area contributed by atoms with Crippen LogP contribution in [0.3, 0.4) is 0 Å². The molecule has 0 aliphatic heterocycles. The molecule has 7 heteroatoms. The van der Waals surface area contributed by atoms with E-state index in [1.165, 1.54) is 12.1 Å². The molecular weight excluding hydrogens is 261 g/mol. The molecule has 1 rings (SSSR count). The van der Waals surface area contributed by atoms with Crippen LogP contribution in [0.25, 0.3) is 0 Å². The highest BCUT2D eigenvalue weighted by atomic mass is 19.4. The summed E-state index contributed by atoms with van der Waals surface area (Å²) < 4.78 is 39.4. The zero-order valence-electron chi connectivity index (χ0n) is 9.96. The van der Waals surface area contributed by atoms with Crippen LogP contribution in [0.1, 0.15) is 6.42 Å². The summed E-state index contributed by atoms with van der Waals surface area (Å²) in [7, 11) is 0. The van der Waals surface area contributed by atoms with Gasteiger partial charge in [-0.3, -0.25) is 0 Å². The van der Waals surface area contributed by atoms with Crippen LogP contribution in [0, 0.1) is 0 Å². The van der Waals surface area contributed by atoms with Gasteiger partial charge in [-0.15, -0.1) is 19.8 Å². The summed E-state index contributed by atoms with van der Waals surface area (Å²) in [6, 6.07) is 4.42. The zero-order valence-corrected chi connectivity index (χ0v) is 9.96. The molecule has 104 valence electrons. The standard InChI is InChI=1S/C12H13F3N2O2/c1-2-3-8-16-11(18)17-9-4-6-10(7-5-9)19-12(13,14)15/h2,4-7H,1,3,8H2,(H2,16,17,18). The molecule has 0 aliphatic rings. The first-order valence-electron chi connectivity index (χ1n) is 5.42. The number of halogens is 3. The molecule has 0 radical (unpaired) electrons. The summed E-state index contributed by atoms with van der Waals surface area (Å²) in [5.41, 5.74) is 0.366. The van der Waals surface area contributed by atoms with Crippen LogP contribution in [0.2, 0.25) is 0 Å². The lowest BCUT2D eigenvalue weighted by Gasteiger charge is -2.10. The highest BCUT2D eigenvalue weighted by Crippen LogP contribution is 2.23. The number of nitrogens with one attached hydrogen (secondary N) is 2. The molecule has 2 amide bonds. The third-order valence-corrected chi connectivity index (χ3v) is 1.98. The topological polar surface area (TPSA) is 50.4 Å². The van der Waals surface area contributed by atoms with Gasteiger partial charge >= 0.3 is 12.4 Å². The van der Waals surface area contributed by atoms with Gasteiger partial charge in [0.15, 0.2) is 0 Å². The van der Waals surface area contributed by atoms with E-state index in [2.05, 4.69) is 21.9 Å². The fourth-order valence-corrected chi connectivity index (χ4v) is 1.20. The maximum atomic E-state index is 11.9. The summed E-state index contributed by atoms with van der Waals surface area (Å²) in [6.07, 6.45) is -2.44. The lowest BCUT2D eigenvalue weighted by atomic mass is 10.3. The number of ether oxygens (including phenoxy) is 1. The lowest BCUT2D eigenvalue weighted by molar-refractivity contribution is -0.274. The smallest absolute Gasteiger partial charge is 0.406 e. The number of anilines is 1. The molecule has 19 heavy (non-hydrogen) atoms. The van der Waals surface area contributed by atoms with Crippen molar-refractivity contribution in [2.24, 2.45) is 0 Å². The second kappa shape index (κ2) is 6.67. The predicted octanol–water partition coefficient (Wildman–Crippen LogP) is 3.28. The van der Waals surface area contributed by atoms with Crippen molar-refractivity contribution in [1.82, 2.24) is 5.32 Å². The Morgan fingerprint density at radius 3 is 2.47 bits per heavy atom. The highest BCUT2D eigenvalue weighted by Gasteiger charge is 2.30. The normalized spacial score (nSPS) is 10.7. The number of rotatable bonds is 5. The van der Waals surface area contributed by atoms with Gasteiger partial charge in [-0.2, -0.15) is 0 Å². The number of hydrogen-bond donors (Lipinski definition) is 2. The highest BCUT2D eigenvalue weighted by molar-refractivity contribution is 5.89. The Hall–Kier alpha value is -2.18.